The Balaban J connectivity index is 2.22. The van der Waals surface area contributed by atoms with Gasteiger partial charge in [0.1, 0.15) is 0 Å². The molecular formula is C12H18N2O. The first-order valence-corrected chi connectivity index (χ1v) is 5.56. The molecule has 0 fully saturated rings. The molecular weight excluding hydrogens is 188 g/mol. The van der Waals surface area contributed by atoms with Gasteiger partial charge in [0, 0.05) is 13.1 Å². The standard InChI is InChI=1S/C12H18N2O/c1-2-7-13-10-14(8-9-15)12-6-4-3-5-11(12)13/h3-6,15H,2,7-10H2,1H3. The van der Waals surface area contributed by atoms with Gasteiger partial charge in [0.15, 0.2) is 0 Å². The van der Waals surface area contributed by atoms with E-state index in [1.807, 2.05) is 0 Å². The van der Waals surface area contributed by atoms with Crippen molar-refractivity contribution in [3.63, 3.8) is 0 Å². The fraction of sp³-hybridized carbons (Fsp3) is 0.500. The van der Waals surface area contributed by atoms with Crippen molar-refractivity contribution in [1.29, 1.82) is 0 Å². The molecule has 0 atom stereocenters. The molecule has 0 aliphatic carbocycles. The van der Waals surface area contributed by atoms with E-state index in [-0.39, 0.29) is 6.61 Å². The fourth-order valence-corrected chi connectivity index (χ4v) is 2.13. The monoisotopic (exact) mass is 206 g/mol. The molecule has 0 spiro atoms. The van der Waals surface area contributed by atoms with E-state index in [2.05, 4.69) is 41.0 Å². The third-order valence-corrected chi connectivity index (χ3v) is 2.77. The first-order valence-electron chi connectivity index (χ1n) is 5.56. The van der Waals surface area contributed by atoms with Crippen molar-refractivity contribution >= 4 is 11.4 Å². The average molecular weight is 206 g/mol. The molecule has 1 N–H and O–H groups in total. The highest BCUT2D eigenvalue weighted by atomic mass is 16.3. The van der Waals surface area contributed by atoms with E-state index < -0.39 is 0 Å². The number of aliphatic hydroxyl groups is 1. The zero-order chi connectivity index (χ0) is 10.7. The maximum absolute atomic E-state index is 9.01. The van der Waals surface area contributed by atoms with E-state index in [4.69, 9.17) is 5.11 Å². The Kier molecular flexibility index (Phi) is 3.11. The SMILES string of the molecule is CCCN1CN(CCO)c2ccccc21. The zero-order valence-electron chi connectivity index (χ0n) is 9.19. The maximum atomic E-state index is 9.01. The Hall–Kier alpha value is -1.22. The number of benzene rings is 1. The van der Waals surface area contributed by atoms with Crippen LogP contribution in [0.2, 0.25) is 0 Å². The highest BCUT2D eigenvalue weighted by molar-refractivity contribution is 5.76. The summed E-state index contributed by atoms with van der Waals surface area (Å²) < 4.78 is 0. The lowest BCUT2D eigenvalue weighted by atomic mass is 10.2. The Bertz CT molecular complexity index is 296. The molecule has 0 radical (unpaired) electrons. The molecule has 0 saturated heterocycles. The number of nitrogens with zero attached hydrogens (tertiary/aromatic N) is 2. The number of para-hydroxylation sites is 2. The van der Waals surface area contributed by atoms with E-state index in [1.165, 1.54) is 11.4 Å². The first-order chi connectivity index (χ1) is 7.36. The van der Waals surface area contributed by atoms with Crippen molar-refractivity contribution in [2.24, 2.45) is 0 Å². The van der Waals surface area contributed by atoms with Crippen LogP contribution in [0.1, 0.15) is 13.3 Å². The Morgan fingerprint density at radius 2 is 1.73 bits per heavy atom. The topological polar surface area (TPSA) is 26.7 Å². The molecule has 1 aromatic carbocycles. The number of hydrogen-bond donors (Lipinski definition) is 1. The molecule has 0 saturated carbocycles. The minimum atomic E-state index is 0.217. The molecule has 0 amide bonds. The molecule has 3 heteroatoms. The number of β-amino-alcohol motifs (C(OH)–C–C–N with tert-alkyl or cyclic N) is 1. The summed E-state index contributed by atoms with van der Waals surface area (Å²) in [5, 5.41) is 9.01. The fourth-order valence-electron chi connectivity index (χ4n) is 2.13. The Morgan fingerprint density at radius 1 is 1.13 bits per heavy atom. The van der Waals surface area contributed by atoms with Crippen molar-refractivity contribution in [3.8, 4) is 0 Å². The molecule has 82 valence electrons. The van der Waals surface area contributed by atoms with Gasteiger partial charge < -0.3 is 14.9 Å². The van der Waals surface area contributed by atoms with Gasteiger partial charge in [-0.05, 0) is 18.6 Å². The van der Waals surface area contributed by atoms with Gasteiger partial charge in [0.05, 0.1) is 24.7 Å². The summed E-state index contributed by atoms with van der Waals surface area (Å²) in [6.45, 7) is 5.12. The third-order valence-electron chi connectivity index (χ3n) is 2.77. The first kappa shape index (κ1) is 10.3. The molecule has 1 aliphatic rings. The van der Waals surface area contributed by atoms with Crippen molar-refractivity contribution in [1.82, 2.24) is 0 Å². The van der Waals surface area contributed by atoms with Crippen LogP contribution in [0, 0.1) is 0 Å². The second-order valence-corrected chi connectivity index (χ2v) is 3.88. The van der Waals surface area contributed by atoms with E-state index >= 15 is 0 Å². The zero-order valence-corrected chi connectivity index (χ0v) is 9.19. The minimum Gasteiger partial charge on any atom is -0.395 e. The van der Waals surface area contributed by atoms with Gasteiger partial charge in [-0.1, -0.05) is 19.1 Å². The molecule has 0 aromatic heterocycles. The highest BCUT2D eigenvalue weighted by Gasteiger charge is 2.23. The number of hydrogen-bond acceptors (Lipinski definition) is 3. The van der Waals surface area contributed by atoms with Crippen LogP contribution in [0.25, 0.3) is 0 Å². The van der Waals surface area contributed by atoms with Gasteiger partial charge in [-0.3, -0.25) is 0 Å². The van der Waals surface area contributed by atoms with Crippen LogP contribution < -0.4 is 9.80 Å². The van der Waals surface area contributed by atoms with E-state index in [1.54, 1.807) is 0 Å². The van der Waals surface area contributed by atoms with Crippen molar-refractivity contribution in [2.45, 2.75) is 13.3 Å². The second kappa shape index (κ2) is 4.53. The molecule has 0 unspecified atom stereocenters. The normalized spacial score (nSPS) is 14.5. The van der Waals surface area contributed by atoms with Crippen molar-refractivity contribution in [3.05, 3.63) is 24.3 Å². The molecule has 0 bridgehead atoms. The van der Waals surface area contributed by atoms with Crippen LogP contribution >= 0.6 is 0 Å². The lowest BCUT2D eigenvalue weighted by molar-refractivity contribution is 0.302. The van der Waals surface area contributed by atoms with Crippen molar-refractivity contribution in [2.75, 3.05) is 36.2 Å². The summed E-state index contributed by atoms with van der Waals surface area (Å²) in [5.41, 5.74) is 2.55. The summed E-state index contributed by atoms with van der Waals surface area (Å²) in [4.78, 5) is 4.59. The maximum Gasteiger partial charge on any atom is 0.0905 e. The molecule has 1 aliphatic heterocycles. The predicted octanol–water partition coefficient (Wildman–Crippen LogP) is 1.67. The van der Waals surface area contributed by atoms with Crippen LogP contribution in [0.15, 0.2) is 24.3 Å². The minimum absolute atomic E-state index is 0.217. The van der Waals surface area contributed by atoms with Crippen LogP contribution in [0.5, 0.6) is 0 Å². The predicted molar refractivity (Wildman–Crippen MR) is 63.4 cm³/mol. The van der Waals surface area contributed by atoms with Gasteiger partial charge in [-0.15, -0.1) is 0 Å². The van der Waals surface area contributed by atoms with Gasteiger partial charge in [-0.25, -0.2) is 0 Å². The average Bonchev–Trinajstić information content (AvgIpc) is 2.59. The quantitative estimate of drug-likeness (QED) is 0.812. The lowest BCUT2D eigenvalue weighted by Crippen LogP contribution is -2.33. The van der Waals surface area contributed by atoms with Crippen LogP contribution in [-0.4, -0.2) is 31.5 Å². The highest BCUT2D eigenvalue weighted by Crippen LogP contribution is 2.35. The summed E-state index contributed by atoms with van der Waals surface area (Å²) in [6, 6.07) is 8.41. The molecule has 2 rings (SSSR count). The molecule has 15 heavy (non-hydrogen) atoms. The van der Waals surface area contributed by atoms with Gasteiger partial charge in [0.25, 0.3) is 0 Å². The number of aliphatic hydroxyl groups excluding tert-OH is 1. The van der Waals surface area contributed by atoms with Crippen molar-refractivity contribution < 1.29 is 5.11 Å². The van der Waals surface area contributed by atoms with Crippen LogP contribution in [-0.2, 0) is 0 Å². The lowest BCUT2D eigenvalue weighted by Gasteiger charge is -2.20. The van der Waals surface area contributed by atoms with Gasteiger partial charge >= 0.3 is 0 Å². The number of rotatable bonds is 4. The van der Waals surface area contributed by atoms with Crippen LogP contribution in [0.3, 0.4) is 0 Å². The summed E-state index contributed by atoms with van der Waals surface area (Å²) in [7, 11) is 0. The second-order valence-electron chi connectivity index (χ2n) is 3.88. The van der Waals surface area contributed by atoms with Crippen LogP contribution in [0.4, 0.5) is 11.4 Å². The van der Waals surface area contributed by atoms with E-state index in [9.17, 15) is 0 Å². The Morgan fingerprint density at radius 3 is 2.27 bits per heavy atom. The molecule has 1 aromatic rings. The van der Waals surface area contributed by atoms with Gasteiger partial charge in [0.2, 0.25) is 0 Å². The largest absolute Gasteiger partial charge is 0.395 e. The molecule has 3 nitrogen and oxygen atoms in total. The number of fused-ring (bicyclic) bond motifs is 1. The summed E-state index contributed by atoms with van der Waals surface area (Å²) in [5.74, 6) is 0. The molecule has 1 heterocycles. The smallest absolute Gasteiger partial charge is 0.0905 e. The van der Waals surface area contributed by atoms with E-state index in [0.29, 0.717) is 0 Å². The summed E-state index contributed by atoms with van der Waals surface area (Å²) in [6.07, 6.45) is 1.15. The number of anilines is 2. The Labute approximate surface area is 90.9 Å². The van der Waals surface area contributed by atoms with Gasteiger partial charge in [-0.2, -0.15) is 0 Å². The summed E-state index contributed by atoms with van der Waals surface area (Å²) >= 11 is 0. The van der Waals surface area contributed by atoms with E-state index in [0.717, 1.165) is 26.2 Å². The third kappa shape index (κ3) is 1.92.